The zero-order valence-corrected chi connectivity index (χ0v) is 10.5. The molecule has 0 aliphatic heterocycles. The molecule has 0 radical (unpaired) electrons. The Morgan fingerprint density at radius 1 is 1.47 bits per heavy atom. The Hall–Kier alpha value is -2.02. The summed E-state index contributed by atoms with van der Waals surface area (Å²) >= 11 is 0. The lowest BCUT2D eigenvalue weighted by Crippen LogP contribution is -2.12. The lowest BCUT2D eigenvalue weighted by atomic mass is 10.2. The van der Waals surface area contributed by atoms with Crippen LogP contribution in [-0.4, -0.2) is 38.4 Å². The maximum atomic E-state index is 9.83. The second-order valence-corrected chi connectivity index (χ2v) is 4.57. The van der Waals surface area contributed by atoms with Crippen LogP contribution in [0.15, 0.2) is 16.9 Å². The molecule has 2 heterocycles. The van der Waals surface area contributed by atoms with Gasteiger partial charge in [-0.15, -0.1) is 0 Å². The predicted molar refractivity (Wildman–Crippen MR) is 64.3 cm³/mol. The van der Waals surface area contributed by atoms with Crippen LogP contribution in [0.5, 0.6) is 5.88 Å². The van der Waals surface area contributed by atoms with Crippen LogP contribution in [0.4, 0.5) is 0 Å². The van der Waals surface area contributed by atoms with E-state index < -0.39 is 6.10 Å². The summed E-state index contributed by atoms with van der Waals surface area (Å²) in [5.74, 6) is 1.62. The van der Waals surface area contributed by atoms with Crippen molar-refractivity contribution in [2.45, 2.75) is 25.4 Å². The largest absolute Gasteiger partial charge is 0.481 e. The van der Waals surface area contributed by atoms with Crippen LogP contribution in [0.1, 0.15) is 18.7 Å². The molecule has 0 saturated heterocycles. The smallest absolute Gasteiger partial charge is 0.229 e. The lowest BCUT2D eigenvalue weighted by Gasteiger charge is -2.03. The standard InChI is InChI=1S/C12H14N4O3/c1-18-10-4-8(13-6-14-10)12-15-11(19-16-12)5-9(17)7-2-3-7/h4,6-7,9,17H,2-3,5H2,1H3. The summed E-state index contributed by atoms with van der Waals surface area (Å²) in [7, 11) is 1.53. The van der Waals surface area contributed by atoms with Crippen molar-refractivity contribution in [3.05, 3.63) is 18.3 Å². The van der Waals surface area contributed by atoms with Crippen LogP contribution in [0.25, 0.3) is 11.5 Å². The molecule has 1 aliphatic carbocycles. The first-order valence-electron chi connectivity index (χ1n) is 6.13. The molecule has 1 atom stereocenters. The molecule has 100 valence electrons. The molecule has 7 heteroatoms. The van der Waals surface area contributed by atoms with Gasteiger partial charge in [0.05, 0.1) is 19.6 Å². The highest BCUT2D eigenvalue weighted by atomic mass is 16.5. The third-order valence-electron chi connectivity index (χ3n) is 3.10. The zero-order valence-electron chi connectivity index (χ0n) is 10.5. The number of aromatic nitrogens is 4. The van der Waals surface area contributed by atoms with Gasteiger partial charge in [-0.1, -0.05) is 5.16 Å². The van der Waals surface area contributed by atoms with E-state index >= 15 is 0 Å². The number of aliphatic hydroxyl groups is 1. The van der Waals surface area contributed by atoms with E-state index in [4.69, 9.17) is 9.26 Å². The van der Waals surface area contributed by atoms with Crippen molar-refractivity contribution in [1.82, 2.24) is 20.1 Å². The number of nitrogens with zero attached hydrogens (tertiary/aromatic N) is 4. The fraction of sp³-hybridized carbons (Fsp3) is 0.500. The minimum atomic E-state index is -0.395. The van der Waals surface area contributed by atoms with Gasteiger partial charge < -0.3 is 14.4 Å². The summed E-state index contributed by atoms with van der Waals surface area (Å²) in [6.07, 6.45) is 3.52. The molecule has 0 bridgehead atoms. The number of ether oxygens (including phenoxy) is 1. The van der Waals surface area contributed by atoms with E-state index in [2.05, 4.69) is 20.1 Å². The van der Waals surface area contributed by atoms with E-state index in [9.17, 15) is 5.11 Å². The summed E-state index contributed by atoms with van der Waals surface area (Å²) in [6, 6.07) is 1.63. The number of hydrogen-bond acceptors (Lipinski definition) is 7. The van der Waals surface area contributed by atoms with Gasteiger partial charge in [-0.3, -0.25) is 0 Å². The van der Waals surface area contributed by atoms with E-state index in [-0.39, 0.29) is 0 Å². The molecule has 2 aromatic rings. The number of methoxy groups -OCH3 is 1. The maximum absolute atomic E-state index is 9.83. The highest BCUT2D eigenvalue weighted by Crippen LogP contribution is 2.33. The number of hydrogen-bond donors (Lipinski definition) is 1. The van der Waals surface area contributed by atoms with E-state index in [0.29, 0.717) is 35.6 Å². The van der Waals surface area contributed by atoms with Gasteiger partial charge in [0.15, 0.2) is 0 Å². The van der Waals surface area contributed by atoms with Gasteiger partial charge in [-0.25, -0.2) is 9.97 Å². The first-order chi connectivity index (χ1) is 9.26. The van der Waals surface area contributed by atoms with Gasteiger partial charge >= 0.3 is 0 Å². The van der Waals surface area contributed by atoms with Crippen molar-refractivity contribution in [3.63, 3.8) is 0 Å². The number of rotatable bonds is 5. The molecule has 1 fully saturated rings. The lowest BCUT2D eigenvalue weighted by molar-refractivity contribution is 0.140. The maximum Gasteiger partial charge on any atom is 0.229 e. The van der Waals surface area contributed by atoms with Crippen molar-refractivity contribution in [2.24, 2.45) is 5.92 Å². The first kappa shape index (κ1) is 12.0. The Balaban J connectivity index is 1.75. The van der Waals surface area contributed by atoms with Crippen LogP contribution in [0, 0.1) is 5.92 Å². The van der Waals surface area contributed by atoms with Crippen molar-refractivity contribution in [2.75, 3.05) is 7.11 Å². The average molecular weight is 262 g/mol. The topological polar surface area (TPSA) is 94.2 Å². The Morgan fingerprint density at radius 3 is 3.05 bits per heavy atom. The fourth-order valence-corrected chi connectivity index (χ4v) is 1.84. The molecular weight excluding hydrogens is 248 g/mol. The summed E-state index contributed by atoms with van der Waals surface area (Å²) in [6.45, 7) is 0. The number of aliphatic hydroxyl groups excluding tert-OH is 1. The van der Waals surface area contributed by atoms with Gasteiger partial charge in [0.25, 0.3) is 0 Å². The van der Waals surface area contributed by atoms with Crippen molar-refractivity contribution < 1.29 is 14.4 Å². The highest BCUT2D eigenvalue weighted by molar-refractivity contribution is 5.49. The minimum Gasteiger partial charge on any atom is -0.481 e. The summed E-state index contributed by atoms with van der Waals surface area (Å²) in [5, 5.41) is 13.7. The summed E-state index contributed by atoms with van der Waals surface area (Å²) < 4.78 is 10.1. The Labute approximate surface area is 109 Å². The molecule has 1 N–H and O–H groups in total. The van der Waals surface area contributed by atoms with Crippen LogP contribution in [0.3, 0.4) is 0 Å². The third-order valence-corrected chi connectivity index (χ3v) is 3.10. The summed E-state index contributed by atoms with van der Waals surface area (Å²) in [5.41, 5.74) is 0.530. The van der Waals surface area contributed by atoms with Gasteiger partial charge in [0, 0.05) is 6.07 Å². The molecule has 0 aromatic carbocycles. The molecule has 0 spiro atoms. The summed E-state index contributed by atoms with van der Waals surface area (Å²) in [4.78, 5) is 12.2. The third kappa shape index (κ3) is 2.70. The van der Waals surface area contributed by atoms with Crippen molar-refractivity contribution in [3.8, 4) is 17.4 Å². The molecule has 7 nitrogen and oxygen atoms in total. The first-order valence-corrected chi connectivity index (χ1v) is 6.13. The Morgan fingerprint density at radius 2 is 2.32 bits per heavy atom. The predicted octanol–water partition coefficient (Wildman–Crippen LogP) is 0.849. The Kier molecular flexibility index (Phi) is 3.12. The molecule has 1 unspecified atom stereocenters. The van der Waals surface area contributed by atoms with Crippen LogP contribution < -0.4 is 4.74 Å². The molecule has 2 aromatic heterocycles. The van der Waals surface area contributed by atoms with Crippen LogP contribution in [0.2, 0.25) is 0 Å². The van der Waals surface area contributed by atoms with E-state index in [1.54, 1.807) is 6.07 Å². The molecule has 1 saturated carbocycles. The molecule has 3 rings (SSSR count). The second kappa shape index (κ2) is 4.93. The van der Waals surface area contributed by atoms with Gasteiger partial charge in [0.1, 0.15) is 12.0 Å². The second-order valence-electron chi connectivity index (χ2n) is 4.57. The molecular formula is C12H14N4O3. The van der Waals surface area contributed by atoms with Gasteiger partial charge in [-0.2, -0.15) is 4.98 Å². The van der Waals surface area contributed by atoms with E-state index in [1.807, 2.05) is 0 Å². The van der Waals surface area contributed by atoms with Crippen molar-refractivity contribution in [1.29, 1.82) is 0 Å². The average Bonchev–Trinajstić information content (AvgIpc) is 3.20. The monoisotopic (exact) mass is 262 g/mol. The highest BCUT2D eigenvalue weighted by Gasteiger charge is 2.31. The minimum absolute atomic E-state index is 0.374. The van der Waals surface area contributed by atoms with Gasteiger partial charge in [0.2, 0.25) is 17.6 Å². The normalized spacial score (nSPS) is 16.3. The fourth-order valence-electron chi connectivity index (χ4n) is 1.84. The SMILES string of the molecule is COc1cc(-c2noc(CC(O)C3CC3)n2)ncn1. The molecule has 1 aliphatic rings. The van der Waals surface area contributed by atoms with Crippen molar-refractivity contribution >= 4 is 0 Å². The quantitative estimate of drug-likeness (QED) is 0.853. The van der Waals surface area contributed by atoms with Crippen LogP contribution in [-0.2, 0) is 6.42 Å². The van der Waals surface area contributed by atoms with E-state index in [0.717, 1.165) is 12.8 Å². The van der Waals surface area contributed by atoms with Crippen LogP contribution >= 0.6 is 0 Å². The Bertz CT molecular complexity index is 568. The zero-order chi connectivity index (χ0) is 13.2. The van der Waals surface area contributed by atoms with Gasteiger partial charge in [-0.05, 0) is 18.8 Å². The molecule has 0 amide bonds. The van der Waals surface area contributed by atoms with E-state index in [1.165, 1.54) is 13.4 Å². The molecule has 19 heavy (non-hydrogen) atoms.